The van der Waals surface area contributed by atoms with Crippen molar-refractivity contribution < 1.29 is 22.8 Å². The van der Waals surface area contributed by atoms with Crippen LogP contribution < -0.4 is 0 Å². The standard InChI is InChI=1S/C26H32F3N3O2S/c1-6-18-11-19(13-20(12-18)26(27,28)29)17(4)30(5)25(34)32-10-9-31-21(7-8-22(31)33)23(32)24-16(3)15(2)14-35-24/h11-14,17,21,23H,6-10H2,1-5H3. The van der Waals surface area contributed by atoms with Gasteiger partial charge >= 0.3 is 12.2 Å². The number of benzene rings is 1. The first-order chi connectivity index (χ1) is 16.4. The van der Waals surface area contributed by atoms with Crippen LogP contribution in [0.2, 0.25) is 0 Å². The number of rotatable bonds is 4. The number of carbonyl (C=O) groups excluding carboxylic acids is 2. The molecular formula is C26H32F3N3O2S. The predicted molar refractivity (Wildman–Crippen MR) is 130 cm³/mol. The lowest BCUT2D eigenvalue weighted by Crippen LogP contribution is -2.57. The van der Waals surface area contributed by atoms with Gasteiger partial charge in [-0.15, -0.1) is 11.3 Å². The Kier molecular flexibility index (Phi) is 6.92. The Morgan fingerprint density at radius 3 is 2.54 bits per heavy atom. The van der Waals surface area contributed by atoms with Crippen LogP contribution in [0.4, 0.5) is 18.0 Å². The third-order valence-corrected chi connectivity index (χ3v) is 8.88. The van der Waals surface area contributed by atoms with E-state index in [2.05, 4.69) is 5.38 Å². The molecule has 2 aromatic rings. The van der Waals surface area contributed by atoms with Crippen LogP contribution in [0.3, 0.4) is 0 Å². The second kappa shape index (κ2) is 9.48. The lowest BCUT2D eigenvalue weighted by Gasteiger charge is -2.46. The number of hydrogen-bond donors (Lipinski definition) is 0. The number of amides is 3. The summed E-state index contributed by atoms with van der Waals surface area (Å²) in [5, 5.41) is 2.07. The van der Waals surface area contributed by atoms with Gasteiger partial charge in [-0.1, -0.05) is 13.0 Å². The number of carbonyl (C=O) groups is 2. The molecule has 1 aromatic carbocycles. The van der Waals surface area contributed by atoms with Crippen molar-refractivity contribution in [3.05, 3.63) is 56.3 Å². The summed E-state index contributed by atoms with van der Waals surface area (Å²) in [6.07, 6.45) is -2.81. The maximum atomic E-state index is 13.9. The van der Waals surface area contributed by atoms with Gasteiger partial charge in [0.25, 0.3) is 0 Å². The number of urea groups is 1. The Morgan fingerprint density at radius 2 is 1.94 bits per heavy atom. The zero-order chi connectivity index (χ0) is 25.7. The van der Waals surface area contributed by atoms with E-state index in [4.69, 9.17) is 0 Å². The number of alkyl halides is 3. The molecule has 3 atom stereocenters. The fourth-order valence-corrected chi connectivity index (χ4v) is 6.44. The molecule has 1 aromatic heterocycles. The molecule has 9 heteroatoms. The number of hydrogen-bond acceptors (Lipinski definition) is 3. The number of halogens is 3. The monoisotopic (exact) mass is 507 g/mol. The lowest BCUT2D eigenvalue weighted by molar-refractivity contribution is -0.137. The van der Waals surface area contributed by atoms with Crippen molar-refractivity contribution in [2.45, 2.75) is 71.3 Å². The molecule has 0 bridgehead atoms. The van der Waals surface area contributed by atoms with E-state index in [1.165, 1.54) is 11.0 Å². The summed E-state index contributed by atoms with van der Waals surface area (Å²) in [6, 6.07) is 2.94. The molecule has 5 nitrogen and oxygen atoms in total. The first-order valence-corrected chi connectivity index (χ1v) is 12.9. The molecule has 0 saturated carbocycles. The van der Waals surface area contributed by atoms with E-state index in [1.807, 2.05) is 30.6 Å². The second-order valence-electron chi connectivity index (χ2n) is 9.62. The quantitative estimate of drug-likeness (QED) is 0.501. The number of aryl methyl sites for hydroxylation is 2. The summed E-state index contributed by atoms with van der Waals surface area (Å²) >= 11 is 1.60. The third-order valence-electron chi connectivity index (χ3n) is 7.61. The van der Waals surface area contributed by atoms with Gasteiger partial charge in [0, 0.05) is 31.4 Å². The molecule has 2 saturated heterocycles. The molecule has 3 amide bonds. The largest absolute Gasteiger partial charge is 0.416 e. The molecule has 0 N–H and O–H groups in total. The van der Waals surface area contributed by atoms with Crippen molar-refractivity contribution in [2.75, 3.05) is 20.1 Å². The van der Waals surface area contributed by atoms with Crippen LogP contribution in [0.25, 0.3) is 0 Å². The molecule has 35 heavy (non-hydrogen) atoms. The maximum absolute atomic E-state index is 13.9. The lowest BCUT2D eigenvalue weighted by atomic mass is 9.96. The van der Waals surface area contributed by atoms with Gasteiger partial charge in [0.05, 0.1) is 23.7 Å². The fourth-order valence-electron chi connectivity index (χ4n) is 5.20. The van der Waals surface area contributed by atoms with Crippen LogP contribution in [-0.4, -0.2) is 52.8 Å². The molecule has 2 aliphatic rings. The van der Waals surface area contributed by atoms with Crippen LogP contribution >= 0.6 is 11.3 Å². The molecule has 0 radical (unpaired) electrons. The van der Waals surface area contributed by atoms with E-state index >= 15 is 0 Å². The summed E-state index contributed by atoms with van der Waals surface area (Å²) in [5.41, 5.74) is 2.63. The predicted octanol–water partition coefficient (Wildman–Crippen LogP) is 6.11. The van der Waals surface area contributed by atoms with Gasteiger partial charge in [0.1, 0.15) is 0 Å². The van der Waals surface area contributed by atoms with Gasteiger partial charge in [-0.2, -0.15) is 13.2 Å². The van der Waals surface area contributed by atoms with Crippen molar-refractivity contribution in [3.63, 3.8) is 0 Å². The Bertz CT molecular complexity index is 1130. The zero-order valence-electron chi connectivity index (χ0n) is 20.8. The van der Waals surface area contributed by atoms with E-state index in [9.17, 15) is 22.8 Å². The van der Waals surface area contributed by atoms with E-state index in [0.29, 0.717) is 43.5 Å². The van der Waals surface area contributed by atoms with Crippen LogP contribution in [0.1, 0.15) is 71.5 Å². The van der Waals surface area contributed by atoms with Crippen molar-refractivity contribution >= 4 is 23.3 Å². The molecule has 0 aliphatic carbocycles. The van der Waals surface area contributed by atoms with Crippen LogP contribution in [0, 0.1) is 13.8 Å². The van der Waals surface area contributed by atoms with Crippen molar-refractivity contribution in [3.8, 4) is 0 Å². The highest BCUT2D eigenvalue weighted by atomic mass is 32.1. The first kappa shape index (κ1) is 25.5. The van der Waals surface area contributed by atoms with Gasteiger partial charge in [-0.3, -0.25) is 4.79 Å². The van der Waals surface area contributed by atoms with Crippen LogP contribution in [0.15, 0.2) is 23.6 Å². The highest BCUT2D eigenvalue weighted by Gasteiger charge is 2.47. The minimum atomic E-state index is -4.45. The van der Waals surface area contributed by atoms with E-state index in [0.717, 1.165) is 22.1 Å². The molecule has 2 aliphatic heterocycles. The number of piperazine rings is 1. The maximum Gasteiger partial charge on any atom is 0.416 e. The average Bonchev–Trinajstić information content (AvgIpc) is 3.37. The van der Waals surface area contributed by atoms with Gasteiger partial charge < -0.3 is 14.7 Å². The van der Waals surface area contributed by atoms with E-state index in [-0.39, 0.29) is 24.0 Å². The van der Waals surface area contributed by atoms with Gasteiger partial charge in [0.2, 0.25) is 5.91 Å². The second-order valence-corrected chi connectivity index (χ2v) is 10.5. The normalized spacial score (nSPS) is 21.3. The van der Waals surface area contributed by atoms with Crippen molar-refractivity contribution in [1.82, 2.24) is 14.7 Å². The highest BCUT2D eigenvalue weighted by molar-refractivity contribution is 7.10. The molecular weight excluding hydrogens is 475 g/mol. The molecule has 3 unspecified atom stereocenters. The Balaban J connectivity index is 1.67. The van der Waals surface area contributed by atoms with E-state index < -0.39 is 17.8 Å². The minimum absolute atomic E-state index is 0.0825. The summed E-state index contributed by atoms with van der Waals surface area (Å²) in [4.78, 5) is 32.7. The average molecular weight is 508 g/mol. The SMILES string of the molecule is CCc1cc(C(C)N(C)C(=O)N2CCN3C(=O)CCC3C2c2scc(C)c2C)cc(C(F)(F)F)c1. The smallest absolute Gasteiger partial charge is 0.335 e. The number of fused-ring (bicyclic) bond motifs is 1. The number of thiophene rings is 1. The van der Waals surface area contributed by atoms with Crippen molar-refractivity contribution in [2.24, 2.45) is 0 Å². The molecule has 4 rings (SSSR count). The summed E-state index contributed by atoms with van der Waals surface area (Å²) < 4.78 is 40.5. The van der Waals surface area contributed by atoms with Crippen LogP contribution in [0.5, 0.6) is 0 Å². The molecule has 0 spiro atoms. The topological polar surface area (TPSA) is 43.9 Å². The zero-order valence-corrected chi connectivity index (χ0v) is 21.6. The van der Waals surface area contributed by atoms with Crippen molar-refractivity contribution in [1.29, 1.82) is 0 Å². The Morgan fingerprint density at radius 1 is 1.23 bits per heavy atom. The Hall–Kier alpha value is -2.55. The molecule has 2 fully saturated rings. The van der Waals surface area contributed by atoms with E-state index in [1.54, 1.807) is 31.4 Å². The minimum Gasteiger partial charge on any atom is -0.335 e. The first-order valence-electron chi connectivity index (χ1n) is 12.0. The summed E-state index contributed by atoms with van der Waals surface area (Å²) in [5.74, 6) is 0.121. The fraction of sp³-hybridized carbons (Fsp3) is 0.538. The number of nitrogens with zero attached hydrogens (tertiary/aromatic N) is 3. The third kappa shape index (κ3) is 4.67. The van der Waals surface area contributed by atoms with Gasteiger partial charge in [-0.05, 0) is 73.4 Å². The van der Waals surface area contributed by atoms with Gasteiger partial charge in [-0.25, -0.2) is 4.79 Å². The highest BCUT2D eigenvalue weighted by Crippen LogP contribution is 2.43. The van der Waals surface area contributed by atoms with Gasteiger partial charge in [0.15, 0.2) is 0 Å². The molecule has 3 heterocycles. The summed E-state index contributed by atoms with van der Waals surface area (Å²) in [7, 11) is 1.65. The van der Waals surface area contributed by atoms with Crippen LogP contribution in [-0.2, 0) is 17.4 Å². The molecule has 190 valence electrons. The summed E-state index contributed by atoms with van der Waals surface area (Å²) in [6.45, 7) is 8.52. The Labute approximate surface area is 208 Å².